The average Bonchev–Trinajstić information content (AvgIpc) is 3.40. The summed E-state index contributed by atoms with van der Waals surface area (Å²) in [4.78, 5) is 50.6. The van der Waals surface area contributed by atoms with E-state index in [1.807, 2.05) is 13.1 Å². The number of carbonyl (C=O) groups is 4. The molecule has 2 aliphatic carbocycles. The molecule has 2 aromatic rings. The molecule has 2 heterocycles. The molecule has 0 aromatic heterocycles. The van der Waals surface area contributed by atoms with Crippen molar-refractivity contribution in [1.29, 1.82) is 0 Å². The molecule has 13 nitrogen and oxygen atoms in total. The van der Waals surface area contributed by atoms with Crippen LogP contribution in [0.1, 0.15) is 62.8 Å². The number of aromatic hydroxyl groups is 1. The van der Waals surface area contributed by atoms with E-state index in [1.165, 1.54) is 0 Å². The standard InChI is InChI=1S/C33H38N2O9.C2HF3O2/c1-31(2,3)44-30(40)20(34-29(39)26(38)18-8-6-5-7-9-18)17-24(37)42-22-12-13-33(41)23-16-19-10-11-21(36)27-25(19)32(33,28(22)43-27)14-15-35(23)4;3-2(4,5)1(6)7/h5-12,20,23,26,28,36,38,41H,13-17H2,1-4H3,(H,34,39);(H,6,7)/t20?,23-,26?,28+,32+,33-;/m1./s1. The number of halogens is 3. The normalized spacial score (nSPS) is 25.8. The Kier molecular flexibility index (Phi) is 9.92. The Hall–Kier alpha value is -4.67. The number of alkyl halides is 3. The van der Waals surface area contributed by atoms with Crippen LogP contribution in [-0.4, -0.2) is 98.3 Å². The van der Waals surface area contributed by atoms with Gasteiger partial charge in [0.2, 0.25) is 0 Å². The molecule has 276 valence electrons. The van der Waals surface area contributed by atoms with Gasteiger partial charge in [-0.05, 0) is 70.5 Å². The quantitative estimate of drug-likeness (QED) is 0.263. The summed E-state index contributed by atoms with van der Waals surface area (Å²) in [5.74, 6) is -4.93. The molecular formula is C35H39F3N2O11. The highest BCUT2D eigenvalue weighted by atomic mass is 19.4. The van der Waals surface area contributed by atoms with E-state index in [9.17, 15) is 42.9 Å². The van der Waals surface area contributed by atoms with E-state index in [0.29, 0.717) is 24.9 Å². The molecule has 6 rings (SSSR count). The summed E-state index contributed by atoms with van der Waals surface area (Å²) in [7, 11) is 1.98. The highest BCUT2D eigenvalue weighted by Crippen LogP contribution is 2.65. The first kappa shape index (κ1) is 37.6. The third-order valence-corrected chi connectivity index (χ3v) is 9.57. The number of hydrogen-bond donors (Lipinski definition) is 5. The van der Waals surface area contributed by atoms with Gasteiger partial charge in [0, 0.05) is 18.0 Å². The predicted octanol–water partition coefficient (Wildman–Crippen LogP) is 2.80. The van der Waals surface area contributed by atoms with Gasteiger partial charge in [-0.15, -0.1) is 0 Å². The SMILES string of the molecule is CN1CC[C@]23c4c5ccc(O)c4O[C@H]2C(OC(=O)CC(NC(=O)C(O)c2ccccc2)C(=O)OC(C)(C)C)=CC[C@@]3(O)[C@H]1C5.O=C(O)C(F)(F)F. The van der Waals surface area contributed by atoms with Crippen molar-refractivity contribution in [2.24, 2.45) is 0 Å². The minimum absolute atomic E-state index is 0.0531. The maximum atomic E-state index is 13.4. The summed E-state index contributed by atoms with van der Waals surface area (Å²) < 4.78 is 49.4. The molecule has 2 aromatic carbocycles. The van der Waals surface area contributed by atoms with E-state index < -0.39 is 71.3 Å². The van der Waals surface area contributed by atoms with Crippen LogP contribution < -0.4 is 10.1 Å². The van der Waals surface area contributed by atoms with Crippen LogP contribution in [0.5, 0.6) is 11.5 Å². The van der Waals surface area contributed by atoms with Gasteiger partial charge in [-0.3, -0.25) is 9.59 Å². The van der Waals surface area contributed by atoms with Gasteiger partial charge in [0.1, 0.15) is 17.4 Å². The fraction of sp³-hybridized carbons (Fsp3) is 0.486. The lowest BCUT2D eigenvalue weighted by molar-refractivity contribution is -0.192. The van der Waals surface area contributed by atoms with Crippen molar-refractivity contribution in [3.63, 3.8) is 0 Å². The van der Waals surface area contributed by atoms with Crippen LogP contribution in [0.15, 0.2) is 54.3 Å². The number of carbonyl (C=O) groups excluding carboxylic acids is 3. The van der Waals surface area contributed by atoms with Gasteiger partial charge in [-0.1, -0.05) is 36.4 Å². The zero-order chi connectivity index (χ0) is 37.7. The number of benzene rings is 2. The summed E-state index contributed by atoms with van der Waals surface area (Å²) >= 11 is 0. The van der Waals surface area contributed by atoms with Crippen LogP contribution in [0.3, 0.4) is 0 Å². The van der Waals surface area contributed by atoms with Crippen molar-refractivity contribution in [3.05, 3.63) is 71.0 Å². The number of amides is 1. The monoisotopic (exact) mass is 720 g/mol. The number of nitrogens with one attached hydrogen (secondary N) is 1. The number of piperidine rings is 1. The number of nitrogens with zero attached hydrogens (tertiary/aromatic N) is 1. The number of likely N-dealkylation sites (N-methyl/N-ethyl adjacent to an activating group) is 1. The highest BCUT2D eigenvalue weighted by molar-refractivity contribution is 5.90. The van der Waals surface area contributed by atoms with E-state index in [2.05, 4.69) is 10.2 Å². The first-order valence-corrected chi connectivity index (χ1v) is 16.1. The van der Waals surface area contributed by atoms with Crippen LogP contribution in [0, 0.1) is 0 Å². The molecule has 2 bridgehead atoms. The lowest BCUT2D eigenvalue weighted by Crippen LogP contribution is -2.74. The maximum Gasteiger partial charge on any atom is 0.490 e. The Morgan fingerprint density at radius 3 is 2.35 bits per heavy atom. The number of carboxylic acids is 1. The van der Waals surface area contributed by atoms with Gasteiger partial charge in [-0.25, -0.2) is 9.59 Å². The second-order valence-corrected chi connectivity index (χ2v) is 14.0. The average molecular weight is 721 g/mol. The van der Waals surface area contributed by atoms with Gasteiger partial charge in [-0.2, -0.15) is 13.2 Å². The molecule has 6 atom stereocenters. The molecule has 5 N–H and O–H groups in total. The molecule has 2 unspecified atom stereocenters. The Morgan fingerprint density at radius 2 is 1.75 bits per heavy atom. The molecule has 1 saturated heterocycles. The Labute approximate surface area is 290 Å². The first-order valence-electron chi connectivity index (χ1n) is 16.1. The molecule has 0 radical (unpaired) electrons. The van der Waals surface area contributed by atoms with Crippen molar-refractivity contribution in [3.8, 4) is 11.5 Å². The summed E-state index contributed by atoms with van der Waals surface area (Å²) in [6.45, 7) is 5.64. The van der Waals surface area contributed by atoms with Crippen LogP contribution in [0.2, 0.25) is 0 Å². The number of aliphatic hydroxyl groups excluding tert-OH is 1. The van der Waals surface area contributed by atoms with Crippen molar-refractivity contribution < 1.29 is 67.0 Å². The van der Waals surface area contributed by atoms with E-state index in [4.69, 9.17) is 24.1 Å². The molecule has 1 amide bonds. The number of likely N-dealkylation sites (tertiary alicyclic amines) is 1. The molecular weight excluding hydrogens is 681 g/mol. The number of ether oxygens (including phenoxy) is 3. The van der Waals surface area contributed by atoms with Crippen molar-refractivity contribution in [2.45, 2.75) is 93.5 Å². The van der Waals surface area contributed by atoms with Gasteiger partial charge in [0.25, 0.3) is 5.91 Å². The smallest absolute Gasteiger partial charge is 0.490 e. The van der Waals surface area contributed by atoms with Crippen molar-refractivity contribution in [1.82, 2.24) is 10.2 Å². The topological polar surface area (TPSA) is 192 Å². The van der Waals surface area contributed by atoms with Crippen LogP contribution >= 0.6 is 0 Å². The Balaban J connectivity index is 0.000000654. The number of carboxylic acid groups (broad SMARTS) is 1. The van der Waals surface area contributed by atoms with Gasteiger partial charge in [0.15, 0.2) is 23.7 Å². The second kappa shape index (κ2) is 13.5. The summed E-state index contributed by atoms with van der Waals surface area (Å²) in [6.07, 6.45) is -5.21. The largest absolute Gasteiger partial charge is 0.504 e. The fourth-order valence-corrected chi connectivity index (χ4v) is 7.38. The molecule has 51 heavy (non-hydrogen) atoms. The molecule has 4 aliphatic rings. The number of aliphatic carboxylic acids is 1. The number of phenols is 1. The first-order chi connectivity index (χ1) is 23.7. The summed E-state index contributed by atoms with van der Waals surface area (Å²) in [5.41, 5.74) is -1.04. The van der Waals surface area contributed by atoms with Gasteiger partial charge < -0.3 is 44.9 Å². The van der Waals surface area contributed by atoms with E-state index in [0.717, 1.165) is 11.1 Å². The number of aliphatic hydroxyl groups is 2. The van der Waals surface area contributed by atoms with E-state index in [-0.39, 0.29) is 29.7 Å². The van der Waals surface area contributed by atoms with Crippen LogP contribution in [0.4, 0.5) is 13.2 Å². The second-order valence-electron chi connectivity index (χ2n) is 14.0. The summed E-state index contributed by atoms with van der Waals surface area (Å²) in [5, 5.41) is 43.2. The van der Waals surface area contributed by atoms with Crippen molar-refractivity contribution >= 4 is 23.8 Å². The fourth-order valence-electron chi connectivity index (χ4n) is 7.38. The Morgan fingerprint density at radius 1 is 1.10 bits per heavy atom. The van der Waals surface area contributed by atoms with E-state index in [1.54, 1.807) is 63.2 Å². The zero-order valence-electron chi connectivity index (χ0n) is 28.2. The highest BCUT2D eigenvalue weighted by Gasteiger charge is 2.72. The van der Waals surface area contributed by atoms with Crippen molar-refractivity contribution in [2.75, 3.05) is 13.6 Å². The molecule has 0 saturated carbocycles. The minimum Gasteiger partial charge on any atom is -0.504 e. The van der Waals surface area contributed by atoms with E-state index >= 15 is 0 Å². The molecule has 1 fully saturated rings. The maximum absolute atomic E-state index is 13.4. The lowest BCUT2D eigenvalue weighted by atomic mass is 9.50. The molecule has 16 heteroatoms. The van der Waals surface area contributed by atoms with Crippen LogP contribution in [-0.2, 0) is 40.5 Å². The third-order valence-electron chi connectivity index (χ3n) is 9.57. The lowest BCUT2D eigenvalue weighted by Gasteiger charge is -2.61. The van der Waals surface area contributed by atoms with Crippen LogP contribution in [0.25, 0.3) is 0 Å². The number of hydrogen-bond acceptors (Lipinski definition) is 11. The minimum atomic E-state index is -5.08. The number of rotatable bonds is 7. The predicted molar refractivity (Wildman–Crippen MR) is 170 cm³/mol. The zero-order valence-corrected chi connectivity index (χ0v) is 28.2. The van der Waals surface area contributed by atoms with Gasteiger partial charge in [0.05, 0.1) is 17.4 Å². The molecule has 1 spiro atoms. The molecule has 2 aliphatic heterocycles. The number of phenolic OH excluding ortho intramolecular Hbond substituents is 1. The summed E-state index contributed by atoms with van der Waals surface area (Å²) in [6, 6.07) is 9.98. The number of esters is 2. The Bertz CT molecular complexity index is 1740. The third kappa shape index (κ3) is 6.99. The van der Waals surface area contributed by atoms with Gasteiger partial charge >= 0.3 is 24.1 Å².